The number of rotatable bonds is 5. The molecule has 1 amide bonds. The maximum Gasteiger partial charge on any atom is 0.267 e. The number of para-hydroxylation sites is 1. The zero-order valence-electron chi connectivity index (χ0n) is 20.5. The van der Waals surface area contributed by atoms with Crippen molar-refractivity contribution in [1.29, 1.82) is 0 Å². The summed E-state index contributed by atoms with van der Waals surface area (Å²) in [5.74, 6) is 0.588. The Balaban J connectivity index is 1.51. The van der Waals surface area contributed by atoms with Crippen LogP contribution in [0, 0.1) is 11.3 Å². The van der Waals surface area contributed by atoms with Gasteiger partial charge in [-0.3, -0.25) is 14.2 Å². The number of carbonyl (C=O) groups excluding carboxylic acids is 1. The lowest BCUT2D eigenvalue weighted by Gasteiger charge is -2.33. The van der Waals surface area contributed by atoms with E-state index in [0.717, 1.165) is 45.3 Å². The van der Waals surface area contributed by atoms with Crippen LogP contribution in [0.15, 0.2) is 69.0 Å². The second-order valence-corrected chi connectivity index (χ2v) is 13.1. The van der Waals surface area contributed by atoms with Crippen molar-refractivity contribution in [2.24, 2.45) is 11.3 Å². The smallest absolute Gasteiger partial charge is 0.267 e. The van der Waals surface area contributed by atoms with Crippen molar-refractivity contribution in [1.82, 2.24) is 9.55 Å². The van der Waals surface area contributed by atoms with Crippen LogP contribution < -0.4 is 10.9 Å². The lowest BCUT2D eigenvalue weighted by Crippen LogP contribution is -2.27. The van der Waals surface area contributed by atoms with Crippen LogP contribution in [-0.4, -0.2) is 21.2 Å². The summed E-state index contributed by atoms with van der Waals surface area (Å²) in [6.45, 7) is 6.89. The van der Waals surface area contributed by atoms with Crippen molar-refractivity contribution in [3.8, 4) is 5.69 Å². The first kappa shape index (κ1) is 25.2. The minimum Gasteiger partial charge on any atom is -0.325 e. The highest BCUT2D eigenvalue weighted by molar-refractivity contribution is 9.10. The molecule has 1 atom stereocenters. The maximum atomic E-state index is 13.9. The van der Waals surface area contributed by atoms with E-state index in [1.54, 1.807) is 15.9 Å². The van der Waals surface area contributed by atoms with Gasteiger partial charge in [0.05, 0.1) is 16.8 Å². The van der Waals surface area contributed by atoms with Crippen molar-refractivity contribution in [3.63, 3.8) is 0 Å². The molecule has 2 aromatic heterocycles. The van der Waals surface area contributed by atoms with Crippen LogP contribution in [0.1, 0.15) is 37.6 Å². The summed E-state index contributed by atoms with van der Waals surface area (Å²) < 4.78 is 2.57. The second kappa shape index (κ2) is 10.1. The number of hydrogen-bond donors (Lipinski definition) is 1. The molecule has 5 rings (SSSR count). The molecular formula is C28H28BrN3O2S2. The molecule has 4 aromatic rings. The highest BCUT2D eigenvalue weighted by Crippen LogP contribution is 2.42. The monoisotopic (exact) mass is 581 g/mol. The fourth-order valence-corrected chi connectivity index (χ4v) is 7.29. The summed E-state index contributed by atoms with van der Waals surface area (Å²) in [5, 5.41) is 4.20. The van der Waals surface area contributed by atoms with Gasteiger partial charge in [0.1, 0.15) is 4.83 Å². The van der Waals surface area contributed by atoms with Crippen LogP contribution in [0.3, 0.4) is 0 Å². The van der Waals surface area contributed by atoms with Crippen LogP contribution in [0.2, 0.25) is 0 Å². The number of thiophene rings is 1. The summed E-state index contributed by atoms with van der Waals surface area (Å²) in [4.78, 5) is 33.7. The molecular weight excluding hydrogens is 554 g/mol. The van der Waals surface area contributed by atoms with Crippen molar-refractivity contribution >= 4 is 60.8 Å². The molecule has 0 aliphatic heterocycles. The molecule has 2 aromatic carbocycles. The summed E-state index contributed by atoms with van der Waals surface area (Å²) >= 11 is 6.36. The first-order valence-corrected chi connectivity index (χ1v) is 14.6. The van der Waals surface area contributed by atoms with Gasteiger partial charge in [0, 0.05) is 15.0 Å². The van der Waals surface area contributed by atoms with Gasteiger partial charge in [-0.15, -0.1) is 11.3 Å². The molecule has 0 spiro atoms. The number of nitrogens with one attached hydrogen (secondary N) is 1. The Kier molecular flexibility index (Phi) is 7.12. The van der Waals surface area contributed by atoms with Gasteiger partial charge in [0.2, 0.25) is 5.91 Å². The fourth-order valence-electron chi connectivity index (χ4n) is 4.74. The molecule has 2 heterocycles. The number of benzene rings is 2. The molecule has 36 heavy (non-hydrogen) atoms. The number of anilines is 1. The molecule has 0 radical (unpaired) electrons. The van der Waals surface area contributed by atoms with E-state index < -0.39 is 0 Å². The van der Waals surface area contributed by atoms with Gasteiger partial charge in [0.15, 0.2) is 5.16 Å². The first-order valence-electron chi connectivity index (χ1n) is 12.0. The summed E-state index contributed by atoms with van der Waals surface area (Å²) in [5.41, 5.74) is 2.83. The molecule has 1 aliphatic rings. The van der Waals surface area contributed by atoms with Crippen molar-refractivity contribution < 1.29 is 4.79 Å². The molecule has 8 heteroatoms. The second-order valence-electron chi connectivity index (χ2n) is 10.2. The Hall–Kier alpha value is -2.42. The lowest BCUT2D eigenvalue weighted by molar-refractivity contribution is -0.113. The van der Waals surface area contributed by atoms with E-state index in [2.05, 4.69) is 42.0 Å². The average Bonchev–Trinajstić information content (AvgIpc) is 3.21. The summed E-state index contributed by atoms with van der Waals surface area (Å²) in [7, 11) is 0. The number of amides is 1. The third-order valence-electron chi connectivity index (χ3n) is 6.73. The van der Waals surface area contributed by atoms with Gasteiger partial charge in [-0.25, -0.2) is 4.98 Å². The third-order valence-corrected chi connectivity index (χ3v) is 9.31. The lowest BCUT2D eigenvalue weighted by atomic mass is 9.72. The fraction of sp³-hybridized carbons (Fsp3) is 0.321. The number of halogens is 1. The van der Waals surface area contributed by atoms with Gasteiger partial charge in [-0.05, 0) is 66.5 Å². The molecule has 186 valence electrons. The van der Waals surface area contributed by atoms with E-state index in [0.29, 0.717) is 11.1 Å². The minimum absolute atomic E-state index is 0.0483. The highest BCUT2D eigenvalue weighted by Gasteiger charge is 2.32. The topological polar surface area (TPSA) is 64.0 Å². The molecule has 0 fully saturated rings. The molecule has 0 saturated heterocycles. The molecule has 1 aliphatic carbocycles. The quantitative estimate of drug-likeness (QED) is 0.202. The predicted octanol–water partition coefficient (Wildman–Crippen LogP) is 7.09. The van der Waals surface area contributed by atoms with Gasteiger partial charge >= 0.3 is 0 Å². The number of fused-ring (bicyclic) bond motifs is 3. The molecule has 1 N–H and O–H groups in total. The Bertz CT molecular complexity index is 1490. The molecule has 5 nitrogen and oxygen atoms in total. The average molecular weight is 583 g/mol. The normalized spacial score (nSPS) is 15.6. The minimum atomic E-state index is -0.148. The number of hydrogen-bond acceptors (Lipinski definition) is 5. The Morgan fingerprint density at radius 2 is 1.97 bits per heavy atom. The zero-order chi connectivity index (χ0) is 25.4. The van der Waals surface area contributed by atoms with E-state index >= 15 is 0 Å². The van der Waals surface area contributed by atoms with E-state index in [9.17, 15) is 9.59 Å². The number of thioether (sulfide) groups is 1. The van der Waals surface area contributed by atoms with Gasteiger partial charge in [-0.1, -0.05) is 72.7 Å². The third kappa shape index (κ3) is 5.17. The largest absolute Gasteiger partial charge is 0.325 e. The molecule has 0 saturated carbocycles. The number of aryl methyl sites for hydroxylation is 1. The number of aromatic nitrogens is 2. The van der Waals surface area contributed by atoms with Gasteiger partial charge < -0.3 is 5.32 Å². The Morgan fingerprint density at radius 3 is 2.69 bits per heavy atom. The van der Waals surface area contributed by atoms with Crippen LogP contribution in [0.5, 0.6) is 0 Å². The predicted molar refractivity (Wildman–Crippen MR) is 154 cm³/mol. The summed E-state index contributed by atoms with van der Waals surface area (Å²) in [6, 6.07) is 17.1. The van der Waals surface area contributed by atoms with Crippen LogP contribution in [-0.2, 0) is 17.6 Å². The number of carbonyl (C=O) groups is 1. The Labute approximate surface area is 227 Å². The SMILES string of the molecule is CC(C)(C)C1CCc2c(sc3nc(SCC(=O)Nc4cccc(Br)c4)n(-c4ccccc4)c(=O)c23)C1. The van der Waals surface area contributed by atoms with Crippen molar-refractivity contribution in [2.75, 3.05) is 11.1 Å². The van der Waals surface area contributed by atoms with E-state index in [1.807, 2.05) is 54.6 Å². The first-order chi connectivity index (χ1) is 17.2. The van der Waals surface area contributed by atoms with Crippen LogP contribution in [0.4, 0.5) is 5.69 Å². The Morgan fingerprint density at radius 1 is 1.19 bits per heavy atom. The van der Waals surface area contributed by atoms with Crippen molar-refractivity contribution in [2.45, 2.75) is 45.2 Å². The van der Waals surface area contributed by atoms with E-state index in [1.165, 1.54) is 22.2 Å². The molecule has 1 unspecified atom stereocenters. The van der Waals surface area contributed by atoms with Gasteiger partial charge in [-0.2, -0.15) is 0 Å². The zero-order valence-corrected chi connectivity index (χ0v) is 23.7. The standard InChI is InChI=1S/C28H28BrN3O2S2/c1-28(2,3)17-12-13-21-22(14-17)36-25-24(21)26(34)32(20-10-5-4-6-11-20)27(31-25)35-16-23(33)30-19-9-7-8-18(29)15-19/h4-11,15,17H,12-14,16H2,1-3H3,(H,30,33). The highest BCUT2D eigenvalue weighted by atomic mass is 79.9. The van der Waals surface area contributed by atoms with E-state index in [4.69, 9.17) is 4.98 Å². The number of nitrogens with zero attached hydrogens (tertiary/aromatic N) is 2. The van der Waals surface area contributed by atoms with Crippen LogP contribution in [0.25, 0.3) is 15.9 Å². The van der Waals surface area contributed by atoms with Gasteiger partial charge in [0.25, 0.3) is 5.56 Å². The van der Waals surface area contributed by atoms with Crippen LogP contribution >= 0.6 is 39.0 Å². The van der Waals surface area contributed by atoms with Crippen molar-refractivity contribution in [3.05, 3.63) is 79.9 Å². The van der Waals surface area contributed by atoms with E-state index in [-0.39, 0.29) is 22.6 Å². The molecule has 0 bridgehead atoms. The maximum absolute atomic E-state index is 13.9. The summed E-state index contributed by atoms with van der Waals surface area (Å²) in [6.07, 6.45) is 2.98.